The van der Waals surface area contributed by atoms with Crippen LogP contribution in [0, 0.1) is 16.0 Å². The fourth-order valence-electron chi connectivity index (χ4n) is 2.95. The first-order valence-electron chi connectivity index (χ1n) is 7.13. The maximum absolute atomic E-state index is 11.3. The highest BCUT2D eigenvalue weighted by Gasteiger charge is 2.28. The molecule has 1 fully saturated rings. The summed E-state index contributed by atoms with van der Waals surface area (Å²) in [6, 6.07) is 5.34. The van der Waals surface area contributed by atoms with Crippen molar-refractivity contribution < 1.29 is 10.0 Å². The topological polar surface area (TPSA) is 66.6 Å². The van der Waals surface area contributed by atoms with Crippen molar-refractivity contribution in [2.24, 2.45) is 5.92 Å². The van der Waals surface area contributed by atoms with Gasteiger partial charge in [0, 0.05) is 18.7 Å². The maximum atomic E-state index is 11.3. The highest BCUT2D eigenvalue weighted by atomic mass is 16.6. The van der Waals surface area contributed by atoms with Crippen molar-refractivity contribution in [1.29, 1.82) is 0 Å². The Morgan fingerprint density at radius 1 is 1.45 bits per heavy atom. The van der Waals surface area contributed by atoms with Gasteiger partial charge in [-0.3, -0.25) is 10.1 Å². The van der Waals surface area contributed by atoms with Gasteiger partial charge in [0.1, 0.15) is 5.69 Å². The Labute approximate surface area is 119 Å². The summed E-state index contributed by atoms with van der Waals surface area (Å²) in [5.74, 6) is 0.664. The van der Waals surface area contributed by atoms with Crippen LogP contribution in [-0.4, -0.2) is 22.6 Å². The highest BCUT2D eigenvalue weighted by Crippen LogP contribution is 2.35. The van der Waals surface area contributed by atoms with Crippen LogP contribution >= 0.6 is 0 Å². The van der Waals surface area contributed by atoms with Gasteiger partial charge in [0.05, 0.1) is 11.0 Å². The quantitative estimate of drug-likeness (QED) is 0.680. The third-order valence-corrected chi connectivity index (χ3v) is 4.13. The smallest absolute Gasteiger partial charge is 0.292 e. The third-order valence-electron chi connectivity index (χ3n) is 4.13. The van der Waals surface area contributed by atoms with E-state index in [1.54, 1.807) is 19.1 Å². The number of nitrogens with zero attached hydrogens (tertiary/aromatic N) is 2. The van der Waals surface area contributed by atoms with Gasteiger partial charge in [-0.2, -0.15) is 0 Å². The number of aliphatic hydroxyl groups is 1. The van der Waals surface area contributed by atoms with Crippen molar-refractivity contribution in [2.45, 2.75) is 45.8 Å². The lowest BCUT2D eigenvalue weighted by Gasteiger charge is -2.38. The van der Waals surface area contributed by atoms with Crippen LogP contribution in [0.3, 0.4) is 0 Å². The lowest BCUT2D eigenvalue weighted by molar-refractivity contribution is -0.384. The average Bonchev–Trinajstić information content (AvgIpc) is 2.38. The van der Waals surface area contributed by atoms with Gasteiger partial charge in [0.25, 0.3) is 5.69 Å². The standard InChI is InChI=1S/C15H22N2O3/c1-10-6-7-16(11(2)8-10)14-5-4-13(12(3)18)9-15(14)17(19)20/h4-5,9-12,18H,6-8H2,1-3H3/t10?,11?,12-/m1/s1. The zero-order valence-corrected chi connectivity index (χ0v) is 12.2. The van der Waals surface area contributed by atoms with Gasteiger partial charge in [0.2, 0.25) is 0 Å². The Balaban J connectivity index is 2.38. The normalized spacial score (nSPS) is 24.5. The van der Waals surface area contributed by atoms with Crippen molar-refractivity contribution in [2.75, 3.05) is 11.4 Å². The number of nitro groups is 1. The highest BCUT2D eigenvalue weighted by molar-refractivity contribution is 5.65. The molecule has 2 unspecified atom stereocenters. The van der Waals surface area contributed by atoms with Crippen molar-refractivity contribution in [3.05, 3.63) is 33.9 Å². The largest absolute Gasteiger partial charge is 0.389 e. The van der Waals surface area contributed by atoms with Crippen LogP contribution < -0.4 is 4.90 Å². The Hall–Kier alpha value is -1.62. The molecule has 3 atom stereocenters. The Kier molecular flexibility index (Phi) is 4.28. The van der Waals surface area contributed by atoms with Crippen LogP contribution in [0.4, 0.5) is 11.4 Å². The van der Waals surface area contributed by atoms with E-state index in [2.05, 4.69) is 18.7 Å². The summed E-state index contributed by atoms with van der Waals surface area (Å²) in [6.07, 6.45) is 1.41. The second-order valence-corrected chi connectivity index (χ2v) is 5.85. The van der Waals surface area contributed by atoms with E-state index in [0.29, 0.717) is 23.2 Å². The molecule has 1 aromatic rings. The third kappa shape index (κ3) is 2.93. The maximum Gasteiger partial charge on any atom is 0.292 e. The van der Waals surface area contributed by atoms with Gasteiger partial charge in [-0.1, -0.05) is 13.0 Å². The Bertz CT molecular complexity index is 502. The van der Waals surface area contributed by atoms with E-state index in [9.17, 15) is 15.2 Å². The molecule has 1 N–H and O–H groups in total. The lowest BCUT2D eigenvalue weighted by Crippen LogP contribution is -2.40. The van der Waals surface area contributed by atoms with E-state index < -0.39 is 6.10 Å². The SMILES string of the molecule is CC1CCN(c2ccc([C@@H](C)O)cc2[N+](=O)[O-])C(C)C1. The molecule has 0 bridgehead atoms. The molecule has 1 saturated heterocycles. The lowest BCUT2D eigenvalue weighted by atomic mass is 9.92. The number of hydrogen-bond donors (Lipinski definition) is 1. The molecule has 1 heterocycles. The predicted octanol–water partition coefficient (Wildman–Crippen LogP) is 3.27. The summed E-state index contributed by atoms with van der Waals surface area (Å²) >= 11 is 0. The molecule has 2 rings (SSSR count). The molecule has 110 valence electrons. The number of rotatable bonds is 3. The van der Waals surface area contributed by atoms with Crippen LogP contribution in [0.2, 0.25) is 0 Å². The number of aliphatic hydroxyl groups excluding tert-OH is 1. The first-order valence-corrected chi connectivity index (χ1v) is 7.13. The molecule has 0 amide bonds. The number of hydrogen-bond acceptors (Lipinski definition) is 4. The zero-order valence-electron chi connectivity index (χ0n) is 12.2. The second-order valence-electron chi connectivity index (χ2n) is 5.85. The average molecular weight is 278 g/mol. The van der Waals surface area contributed by atoms with Gasteiger partial charge in [-0.15, -0.1) is 0 Å². The van der Waals surface area contributed by atoms with E-state index in [1.165, 1.54) is 6.07 Å². The van der Waals surface area contributed by atoms with Crippen LogP contribution in [0.1, 0.15) is 45.3 Å². The molecule has 5 heteroatoms. The van der Waals surface area contributed by atoms with E-state index in [0.717, 1.165) is 19.4 Å². The molecule has 0 aromatic heterocycles. The van der Waals surface area contributed by atoms with E-state index in [4.69, 9.17) is 0 Å². The molecule has 1 aliphatic rings. The molecule has 0 radical (unpaired) electrons. The first-order chi connectivity index (χ1) is 9.40. The Morgan fingerprint density at radius 3 is 2.70 bits per heavy atom. The Morgan fingerprint density at radius 2 is 2.15 bits per heavy atom. The van der Waals surface area contributed by atoms with E-state index in [-0.39, 0.29) is 10.6 Å². The molecular weight excluding hydrogens is 256 g/mol. The molecule has 0 spiro atoms. The monoisotopic (exact) mass is 278 g/mol. The van der Waals surface area contributed by atoms with Gasteiger partial charge in [-0.25, -0.2) is 0 Å². The van der Waals surface area contributed by atoms with Crippen molar-refractivity contribution >= 4 is 11.4 Å². The van der Waals surface area contributed by atoms with Crippen molar-refractivity contribution in [1.82, 2.24) is 0 Å². The van der Waals surface area contributed by atoms with Gasteiger partial charge >= 0.3 is 0 Å². The number of piperidine rings is 1. The molecule has 1 aromatic carbocycles. The number of nitro benzene ring substituents is 1. The minimum Gasteiger partial charge on any atom is -0.389 e. The van der Waals surface area contributed by atoms with Crippen LogP contribution in [0.25, 0.3) is 0 Å². The zero-order chi connectivity index (χ0) is 14.9. The summed E-state index contributed by atoms with van der Waals surface area (Å²) in [6.45, 7) is 6.79. The van der Waals surface area contributed by atoms with Crippen molar-refractivity contribution in [3.63, 3.8) is 0 Å². The van der Waals surface area contributed by atoms with E-state index >= 15 is 0 Å². The van der Waals surface area contributed by atoms with E-state index in [1.807, 2.05) is 0 Å². The predicted molar refractivity (Wildman–Crippen MR) is 78.9 cm³/mol. The summed E-state index contributed by atoms with van der Waals surface area (Å²) in [5.41, 5.74) is 1.34. The molecule has 0 aliphatic carbocycles. The van der Waals surface area contributed by atoms with Gasteiger partial charge in [0.15, 0.2) is 0 Å². The summed E-state index contributed by atoms with van der Waals surface area (Å²) in [4.78, 5) is 13.1. The summed E-state index contributed by atoms with van der Waals surface area (Å²) in [5, 5.41) is 20.9. The van der Waals surface area contributed by atoms with Crippen LogP contribution in [-0.2, 0) is 0 Å². The second kappa shape index (κ2) is 5.79. The fraction of sp³-hybridized carbons (Fsp3) is 0.600. The molecular formula is C15H22N2O3. The minimum absolute atomic E-state index is 0.0878. The molecule has 5 nitrogen and oxygen atoms in total. The number of anilines is 1. The molecule has 20 heavy (non-hydrogen) atoms. The summed E-state index contributed by atoms with van der Waals surface area (Å²) in [7, 11) is 0. The first kappa shape index (κ1) is 14.8. The minimum atomic E-state index is -0.693. The van der Waals surface area contributed by atoms with Crippen molar-refractivity contribution in [3.8, 4) is 0 Å². The fourth-order valence-corrected chi connectivity index (χ4v) is 2.95. The number of benzene rings is 1. The summed E-state index contributed by atoms with van der Waals surface area (Å²) < 4.78 is 0. The van der Waals surface area contributed by atoms with Gasteiger partial charge < -0.3 is 10.0 Å². The van der Waals surface area contributed by atoms with Crippen LogP contribution in [0.15, 0.2) is 18.2 Å². The molecule has 1 aliphatic heterocycles. The molecule has 0 saturated carbocycles. The van der Waals surface area contributed by atoms with Crippen LogP contribution in [0.5, 0.6) is 0 Å². The van der Waals surface area contributed by atoms with Gasteiger partial charge in [-0.05, 0) is 44.2 Å².